The first-order valence-electron chi connectivity index (χ1n) is 9.83. The van der Waals surface area contributed by atoms with E-state index in [2.05, 4.69) is 10.2 Å². The summed E-state index contributed by atoms with van der Waals surface area (Å²) in [5, 5.41) is 4.28. The number of methoxy groups -OCH3 is 1. The van der Waals surface area contributed by atoms with E-state index in [-0.39, 0.29) is 5.91 Å². The van der Waals surface area contributed by atoms with Crippen LogP contribution in [0.4, 0.5) is 0 Å². The molecule has 4 rings (SSSR count). The average molecular weight is 355 g/mol. The molecule has 1 aromatic carbocycles. The molecule has 2 fully saturated rings. The minimum absolute atomic E-state index is 0.0237. The van der Waals surface area contributed by atoms with Gasteiger partial charge in [-0.15, -0.1) is 0 Å². The standard InChI is InChI=1S/C21H29N3O2/c1-23-19-13-17(26-2)9-8-15(19)12-20(23)21(25)22-14-16-6-5-11-24-10-4-3-7-18(16)24/h8-9,12-13,16,18H,3-7,10-11,14H2,1-2H3,(H,22,25)/t16-,18?/m0/s1. The number of benzene rings is 1. The number of ether oxygens (including phenoxy) is 1. The molecule has 0 spiro atoms. The molecule has 5 heteroatoms. The number of carbonyl (C=O) groups excluding carboxylic acids is 1. The maximum atomic E-state index is 12.8. The number of nitrogens with zero attached hydrogens (tertiary/aromatic N) is 2. The predicted molar refractivity (Wildman–Crippen MR) is 104 cm³/mol. The van der Waals surface area contributed by atoms with Crippen molar-refractivity contribution >= 4 is 16.8 Å². The summed E-state index contributed by atoms with van der Waals surface area (Å²) in [6, 6.07) is 8.55. The Labute approximate surface area is 155 Å². The summed E-state index contributed by atoms with van der Waals surface area (Å²) < 4.78 is 7.26. The molecule has 2 atom stereocenters. The number of nitrogens with one attached hydrogen (secondary N) is 1. The first-order chi connectivity index (χ1) is 12.7. The van der Waals surface area contributed by atoms with Crippen molar-refractivity contribution in [3.8, 4) is 5.75 Å². The van der Waals surface area contributed by atoms with Gasteiger partial charge in [0.25, 0.3) is 5.91 Å². The summed E-state index contributed by atoms with van der Waals surface area (Å²) in [6.07, 6.45) is 6.43. The summed E-state index contributed by atoms with van der Waals surface area (Å²) in [7, 11) is 3.61. The van der Waals surface area contributed by atoms with Gasteiger partial charge < -0.3 is 19.5 Å². The molecule has 140 valence electrons. The Hall–Kier alpha value is -2.01. The van der Waals surface area contributed by atoms with E-state index in [1.807, 2.05) is 35.9 Å². The van der Waals surface area contributed by atoms with Crippen LogP contribution in [0.3, 0.4) is 0 Å². The highest BCUT2D eigenvalue weighted by atomic mass is 16.5. The lowest BCUT2D eigenvalue weighted by Crippen LogP contribution is -2.51. The quantitative estimate of drug-likeness (QED) is 0.916. The van der Waals surface area contributed by atoms with Gasteiger partial charge >= 0.3 is 0 Å². The molecule has 0 saturated carbocycles. The van der Waals surface area contributed by atoms with Gasteiger partial charge in [-0.1, -0.05) is 6.42 Å². The van der Waals surface area contributed by atoms with Crippen molar-refractivity contribution in [3.05, 3.63) is 30.0 Å². The highest BCUT2D eigenvalue weighted by Gasteiger charge is 2.33. The van der Waals surface area contributed by atoms with Gasteiger partial charge in [0.15, 0.2) is 0 Å². The van der Waals surface area contributed by atoms with Gasteiger partial charge in [0.05, 0.1) is 12.6 Å². The van der Waals surface area contributed by atoms with Crippen molar-refractivity contribution < 1.29 is 9.53 Å². The van der Waals surface area contributed by atoms with Crippen LogP contribution in [-0.4, -0.2) is 48.2 Å². The van der Waals surface area contributed by atoms with Crippen LogP contribution < -0.4 is 10.1 Å². The largest absolute Gasteiger partial charge is 0.497 e. The number of fused-ring (bicyclic) bond motifs is 2. The van der Waals surface area contributed by atoms with Crippen LogP contribution in [0.1, 0.15) is 42.6 Å². The summed E-state index contributed by atoms with van der Waals surface area (Å²) in [5.41, 5.74) is 1.73. The zero-order chi connectivity index (χ0) is 18.1. The summed E-state index contributed by atoms with van der Waals surface area (Å²) in [4.78, 5) is 15.5. The highest BCUT2D eigenvalue weighted by molar-refractivity contribution is 5.99. The van der Waals surface area contributed by atoms with Crippen LogP contribution in [0.2, 0.25) is 0 Å². The zero-order valence-electron chi connectivity index (χ0n) is 15.8. The minimum atomic E-state index is 0.0237. The minimum Gasteiger partial charge on any atom is -0.497 e. The average Bonchev–Trinajstić information content (AvgIpc) is 3.02. The fourth-order valence-electron chi connectivity index (χ4n) is 4.78. The van der Waals surface area contributed by atoms with E-state index >= 15 is 0 Å². The van der Waals surface area contributed by atoms with Crippen LogP contribution in [0.15, 0.2) is 24.3 Å². The fourth-order valence-corrected chi connectivity index (χ4v) is 4.78. The smallest absolute Gasteiger partial charge is 0.267 e. The van der Waals surface area contributed by atoms with Gasteiger partial charge in [-0.25, -0.2) is 0 Å². The van der Waals surface area contributed by atoms with Crippen molar-refractivity contribution in [2.24, 2.45) is 13.0 Å². The van der Waals surface area contributed by atoms with E-state index in [4.69, 9.17) is 4.74 Å². The molecule has 1 N–H and O–H groups in total. The third kappa shape index (κ3) is 3.20. The van der Waals surface area contributed by atoms with Crippen LogP contribution in [-0.2, 0) is 7.05 Å². The molecule has 0 aliphatic carbocycles. The van der Waals surface area contributed by atoms with Gasteiger partial charge in [0, 0.05) is 31.1 Å². The second-order valence-corrected chi connectivity index (χ2v) is 7.72. The Morgan fingerprint density at radius 1 is 1.19 bits per heavy atom. The number of rotatable bonds is 4. The maximum Gasteiger partial charge on any atom is 0.267 e. The second-order valence-electron chi connectivity index (χ2n) is 7.72. The van der Waals surface area contributed by atoms with Gasteiger partial charge in [-0.3, -0.25) is 4.79 Å². The monoisotopic (exact) mass is 355 g/mol. The lowest BCUT2D eigenvalue weighted by Gasteiger charge is -2.44. The number of aryl methyl sites for hydroxylation is 1. The maximum absolute atomic E-state index is 12.8. The molecular weight excluding hydrogens is 326 g/mol. The lowest BCUT2D eigenvalue weighted by atomic mass is 9.83. The van der Waals surface area contributed by atoms with E-state index in [0.29, 0.717) is 17.7 Å². The van der Waals surface area contributed by atoms with E-state index in [0.717, 1.165) is 23.2 Å². The fraction of sp³-hybridized carbons (Fsp3) is 0.571. The second kappa shape index (κ2) is 7.31. The molecule has 2 aliphatic rings. The first-order valence-corrected chi connectivity index (χ1v) is 9.83. The molecule has 2 aromatic rings. The number of hydrogen-bond acceptors (Lipinski definition) is 3. The van der Waals surface area contributed by atoms with Crippen molar-refractivity contribution in [2.45, 2.75) is 38.1 Å². The third-order valence-electron chi connectivity index (χ3n) is 6.24. The van der Waals surface area contributed by atoms with E-state index in [1.165, 1.54) is 45.2 Å². The van der Waals surface area contributed by atoms with Crippen molar-refractivity contribution in [1.29, 1.82) is 0 Å². The summed E-state index contributed by atoms with van der Waals surface area (Å²) in [5.74, 6) is 1.42. The van der Waals surface area contributed by atoms with Gasteiger partial charge in [0.1, 0.15) is 11.4 Å². The number of carbonyl (C=O) groups is 1. The molecule has 26 heavy (non-hydrogen) atoms. The summed E-state index contributed by atoms with van der Waals surface area (Å²) in [6.45, 7) is 3.26. The van der Waals surface area contributed by atoms with Crippen LogP contribution >= 0.6 is 0 Å². The van der Waals surface area contributed by atoms with Gasteiger partial charge in [-0.2, -0.15) is 0 Å². The van der Waals surface area contributed by atoms with Gasteiger partial charge in [0.2, 0.25) is 0 Å². The molecule has 5 nitrogen and oxygen atoms in total. The normalized spacial score (nSPS) is 23.6. The van der Waals surface area contributed by atoms with Crippen molar-refractivity contribution in [2.75, 3.05) is 26.7 Å². The van der Waals surface area contributed by atoms with E-state index < -0.39 is 0 Å². The Morgan fingerprint density at radius 3 is 2.88 bits per heavy atom. The summed E-state index contributed by atoms with van der Waals surface area (Å²) >= 11 is 0. The predicted octanol–water partition coefficient (Wildman–Crippen LogP) is 3.18. The molecule has 0 radical (unpaired) electrons. The molecule has 1 amide bonds. The number of piperidine rings is 2. The zero-order valence-corrected chi connectivity index (χ0v) is 15.8. The number of aromatic nitrogens is 1. The van der Waals surface area contributed by atoms with Gasteiger partial charge in [-0.05, 0) is 62.9 Å². The Kier molecular flexibility index (Phi) is 4.90. The van der Waals surface area contributed by atoms with Crippen LogP contribution in [0.5, 0.6) is 5.75 Å². The van der Waals surface area contributed by atoms with E-state index in [1.54, 1.807) is 7.11 Å². The van der Waals surface area contributed by atoms with Crippen molar-refractivity contribution in [3.63, 3.8) is 0 Å². The first kappa shape index (κ1) is 17.4. The molecule has 1 aromatic heterocycles. The number of hydrogen-bond donors (Lipinski definition) is 1. The number of amides is 1. The molecule has 0 bridgehead atoms. The molecule has 2 aliphatic heterocycles. The Bertz CT molecular complexity index is 796. The SMILES string of the molecule is COc1ccc2cc(C(=O)NC[C@@H]3CCCN4CCCCC34)n(C)c2c1. The third-order valence-corrected chi connectivity index (χ3v) is 6.24. The lowest BCUT2D eigenvalue weighted by molar-refractivity contribution is 0.0574. The topological polar surface area (TPSA) is 46.5 Å². The Balaban J connectivity index is 1.46. The molecular formula is C21H29N3O2. The molecule has 1 unspecified atom stereocenters. The van der Waals surface area contributed by atoms with Crippen LogP contribution in [0.25, 0.3) is 10.9 Å². The van der Waals surface area contributed by atoms with E-state index in [9.17, 15) is 4.79 Å². The van der Waals surface area contributed by atoms with Crippen LogP contribution in [0, 0.1) is 5.92 Å². The Morgan fingerprint density at radius 2 is 2.04 bits per heavy atom. The molecule has 2 saturated heterocycles. The van der Waals surface area contributed by atoms with Crippen molar-refractivity contribution in [1.82, 2.24) is 14.8 Å². The molecule has 3 heterocycles. The highest BCUT2D eigenvalue weighted by Crippen LogP contribution is 2.30.